The van der Waals surface area contributed by atoms with Crippen molar-refractivity contribution >= 4 is 17.5 Å². The van der Waals surface area contributed by atoms with Gasteiger partial charge in [0.2, 0.25) is 0 Å². The molecule has 0 aliphatic rings. The second kappa shape index (κ2) is 6.48. The van der Waals surface area contributed by atoms with Gasteiger partial charge in [0.05, 0.1) is 6.61 Å². The molecule has 3 N–H and O–H groups in total. The lowest BCUT2D eigenvalue weighted by atomic mass is 10.2. The second-order valence-corrected chi connectivity index (χ2v) is 3.72. The van der Waals surface area contributed by atoms with Gasteiger partial charge in [-0.1, -0.05) is 36.7 Å². The van der Waals surface area contributed by atoms with E-state index in [4.69, 9.17) is 22.2 Å². The molecule has 0 aromatic heterocycles. The first-order valence-corrected chi connectivity index (χ1v) is 5.42. The van der Waals surface area contributed by atoms with Crippen LogP contribution in [0.25, 0.3) is 0 Å². The van der Waals surface area contributed by atoms with E-state index in [-0.39, 0.29) is 5.91 Å². The standard InChI is InChI=1S/C11H15ClN2O2/c1-2-10(11(15)14-13)16-7-8-5-3-4-6-9(8)12/h3-6,10H,2,7,13H2,1H3,(H,14,15). The van der Waals surface area contributed by atoms with Crippen molar-refractivity contribution in [1.82, 2.24) is 5.43 Å². The lowest BCUT2D eigenvalue weighted by Gasteiger charge is -2.14. The van der Waals surface area contributed by atoms with Gasteiger partial charge in [-0.2, -0.15) is 0 Å². The highest BCUT2D eigenvalue weighted by Crippen LogP contribution is 2.16. The summed E-state index contributed by atoms with van der Waals surface area (Å²) in [6, 6.07) is 7.35. The SMILES string of the molecule is CCC(OCc1ccccc1Cl)C(=O)NN. The van der Waals surface area contributed by atoms with Crippen LogP contribution < -0.4 is 11.3 Å². The molecule has 1 unspecified atom stereocenters. The highest BCUT2D eigenvalue weighted by Gasteiger charge is 2.15. The Bertz CT molecular complexity index is 358. The third-order valence-electron chi connectivity index (χ3n) is 2.20. The number of halogens is 1. The Balaban J connectivity index is 2.56. The van der Waals surface area contributed by atoms with E-state index in [1.165, 1.54) is 0 Å². The summed E-state index contributed by atoms with van der Waals surface area (Å²) in [5.74, 6) is 4.72. The monoisotopic (exact) mass is 242 g/mol. The average molecular weight is 243 g/mol. The lowest BCUT2D eigenvalue weighted by Crippen LogP contribution is -2.40. The molecular weight excluding hydrogens is 228 g/mol. The molecule has 0 fully saturated rings. The van der Waals surface area contributed by atoms with Crippen LogP contribution in [0.4, 0.5) is 0 Å². The number of ether oxygens (including phenoxy) is 1. The molecule has 1 aromatic carbocycles. The number of hydrogen-bond acceptors (Lipinski definition) is 3. The molecule has 5 heteroatoms. The minimum atomic E-state index is -0.540. The molecule has 0 radical (unpaired) electrons. The van der Waals surface area contributed by atoms with Crippen LogP contribution in [0, 0.1) is 0 Å². The highest BCUT2D eigenvalue weighted by molar-refractivity contribution is 6.31. The maximum Gasteiger partial charge on any atom is 0.262 e. The van der Waals surface area contributed by atoms with Crippen molar-refractivity contribution in [2.75, 3.05) is 0 Å². The number of rotatable bonds is 5. The van der Waals surface area contributed by atoms with Gasteiger partial charge in [-0.15, -0.1) is 0 Å². The summed E-state index contributed by atoms with van der Waals surface area (Å²) in [6.45, 7) is 2.15. The van der Waals surface area contributed by atoms with Gasteiger partial charge in [0, 0.05) is 5.02 Å². The molecule has 1 atom stereocenters. The predicted molar refractivity (Wildman–Crippen MR) is 62.7 cm³/mol. The van der Waals surface area contributed by atoms with E-state index in [0.29, 0.717) is 18.1 Å². The third kappa shape index (κ3) is 3.48. The van der Waals surface area contributed by atoms with E-state index in [9.17, 15) is 4.79 Å². The zero-order chi connectivity index (χ0) is 12.0. The molecule has 1 aromatic rings. The molecule has 1 amide bonds. The van der Waals surface area contributed by atoms with Crippen LogP contribution in [0.3, 0.4) is 0 Å². The smallest absolute Gasteiger partial charge is 0.262 e. The van der Waals surface area contributed by atoms with Gasteiger partial charge in [-0.25, -0.2) is 5.84 Å². The summed E-state index contributed by atoms with van der Waals surface area (Å²) in [6.07, 6.45) is 0.0225. The fraction of sp³-hybridized carbons (Fsp3) is 0.364. The summed E-state index contributed by atoms with van der Waals surface area (Å²) in [4.78, 5) is 11.3. The molecule has 0 spiro atoms. The van der Waals surface area contributed by atoms with Crippen LogP contribution in [0.5, 0.6) is 0 Å². The van der Waals surface area contributed by atoms with Gasteiger partial charge in [-0.3, -0.25) is 10.2 Å². The maximum absolute atomic E-state index is 11.3. The molecule has 1 rings (SSSR count). The first kappa shape index (κ1) is 13.0. The predicted octanol–water partition coefficient (Wildman–Crippen LogP) is 1.63. The fourth-order valence-corrected chi connectivity index (χ4v) is 1.47. The Labute approximate surface area is 99.7 Å². The van der Waals surface area contributed by atoms with Gasteiger partial charge in [0.15, 0.2) is 0 Å². The van der Waals surface area contributed by atoms with Gasteiger partial charge >= 0.3 is 0 Å². The average Bonchev–Trinajstić information content (AvgIpc) is 2.31. The van der Waals surface area contributed by atoms with Crippen LogP contribution in [0.1, 0.15) is 18.9 Å². The second-order valence-electron chi connectivity index (χ2n) is 3.31. The zero-order valence-corrected chi connectivity index (χ0v) is 9.83. The van der Waals surface area contributed by atoms with Crippen molar-refractivity contribution < 1.29 is 9.53 Å². The highest BCUT2D eigenvalue weighted by atomic mass is 35.5. The van der Waals surface area contributed by atoms with E-state index in [2.05, 4.69) is 5.43 Å². The van der Waals surface area contributed by atoms with Gasteiger partial charge in [-0.05, 0) is 18.1 Å². The van der Waals surface area contributed by atoms with Crippen molar-refractivity contribution in [3.05, 3.63) is 34.9 Å². The van der Waals surface area contributed by atoms with Crippen LogP contribution in [-0.4, -0.2) is 12.0 Å². The Kier molecular flexibility index (Phi) is 5.25. The Hall–Kier alpha value is -1.10. The molecule has 0 bridgehead atoms. The summed E-state index contributed by atoms with van der Waals surface area (Å²) in [7, 11) is 0. The van der Waals surface area contributed by atoms with Crippen molar-refractivity contribution in [2.24, 2.45) is 5.84 Å². The largest absolute Gasteiger partial charge is 0.364 e. The van der Waals surface area contributed by atoms with Crippen LogP contribution in [0.2, 0.25) is 5.02 Å². The van der Waals surface area contributed by atoms with Crippen LogP contribution in [0.15, 0.2) is 24.3 Å². The zero-order valence-electron chi connectivity index (χ0n) is 9.07. The van der Waals surface area contributed by atoms with E-state index in [1.54, 1.807) is 6.07 Å². The molecule has 0 saturated heterocycles. The number of carbonyl (C=O) groups is 1. The number of hydrogen-bond donors (Lipinski definition) is 2. The Morgan fingerprint density at radius 2 is 2.25 bits per heavy atom. The summed E-state index contributed by atoms with van der Waals surface area (Å²) >= 11 is 5.96. The van der Waals surface area contributed by atoms with E-state index >= 15 is 0 Å². The molecule has 0 aliphatic heterocycles. The molecule has 4 nitrogen and oxygen atoms in total. The topological polar surface area (TPSA) is 64.3 Å². The van der Waals surface area contributed by atoms with Crippen molar-refractivity contribution in [2.45, 2.75) is 26.1 Å². The number of benzene rings is 1. The minimum Gasteiger partial charge on any atom is -0.364 e. The molecular formula is C11H15ClN2O2. The number of nitrogens with two attached hydrogens (primary N) is 1. The van der Waals surface area contributed by atoms with Crippen molar-refractivity contribution in [3.63, 3.8) is 0 Å². The maximum atomic E-state index is 11.3. The molecule has 0 aliphatic carbocycles. The fourth-order valence-electron chi connectivity index (χ4n) is 1.28. The summed E-state index contributed by atoms with van der Waals surface area (Å²) in [5.41, 5.74) is 2.92. The minimum absolute atomic E-state index is 0.297. The Morgan fingerprint density at radius 1 is 1.56 bits per heavy atom. The first-order valence-electron chi connectivity index (χ1n) is 5.04. The van der Waals surface area contributed by atoms with Crippen molar-refractivity contribution in [3.8, 4) is 0 Å². The lowest BCUT2D eigenvalue weighted by molar-refractivity contribution is -0.133. The van der Waals surface area contributed by atoms with E-state index in [0.717, 1.165) is 5.56 Å². The van der Waals surface area contributed by atoms with E-state index in [1.807, 2.05) is 25.1 Å². The number of hydrazine groups is 1. The summed E-state index contributed by atoms with van der Waals surface area (Å²) in [5, 5.41) is 0.630. The van der Waals surface area contributed by atoms with Gasteiger partial charge in [0.1, 0.15) is 6.10 Å². The summed E-state index contributed by atoms with van der Waals surface area (Å²) < 4.78 is 5.43. The van der Waals surface area contributed by atoms with Crippen LogP contribution in [-0.2, 0) is 16.1 Å². The van der Waals surface area contributed by atoms with Crippen molar-refractivity contribution in [1.29, 1.82) is 0 Å². The Morgan fingerprint density at radius 3 is 2.81 bits per heavy atom. The molecule has 16 heavy (non-hydrogen) atoms. The number of amides is 1. The quantitative estimate of drug-likeness (QED) is 0.469. The molecule has 88 valence electrons. The van der Waals surface area contributed by atoms with Gasteiger partial charge < -0.3 is 4.74 Å². The van der Waals surface area contributed by atoms with Crippen LogP contribution >= 0.6 is 11.6 Å². The number of nitrogens with one attached hydrogen (secondary N) is 1. The third-order valence-corrected chi connectivity index (χ3v) is 2.57. The number of carbonyl (C=O) groups excluding carboxylic acids is 1. The first-order chi connectivity index (χ1) is 7.69. The molecule has 0 saturated carbocycles. The normalized spacial score (nSPS) is 12.2. The van der Waals surface area contributed by atoms with E-state index < -0.39 is 6.10 Å². The molecule has 0 heterocycles. The van der Waals surface area contributed by atoms with Gasteiger partial charge in [0.25, 0.3) is 5.91 Å².